The fourth-order valence-electron chi connectivity index (χ4n) is 0.816. The van der Waals surface area contributed by atoms with Crippen molar-refractivity contribution in [2.45, 2.75) is 6.18 Å². The molecule has 0 aromatic heterocycles. The van der Waals surface area contributed by atoms with E-state index in [4.69, 9.17) is 11.6 Å². The Morgan fingerprint density at radius 3 is 2.21 bits per heavy atom. The van der Waals surface area contributed by atoms with Crippen LogP contribution in [0.25, 0.3) is 0 Å². The van der Waals surface area contributed by atoms with Crippen molar-refractivity contribution < 1.29 is 17.6 Å². The first-order valence-corrected chi connectivity index (χ1v) is 3.63. The molecule has 2 nitrogen and oxygen atoms in total. The molecular formula is C7H2ClF4NO. The van der Waals surface area contributed by atoms with Gasteiger partial charge in [0, 0.05) is 0 Å². The minimum Gasteiger partial charge on any atom is -0.204 e. The summed E-state index contributed by atoms with van der Waals surface area (Å²) in [7, 11) is 0. The van der Waals surface area contributed by atoms with Crippen LogP contribution < -0.4 is 0 Å². The molecule has 0 unspecified atom stereocenters. The van der Waals surface area contributed by atoms with Gasteiger partial charge in [-0.1, -0.05) is 11.6 Å². The molecule has 14 heavy (non-hydrogen) atoms. The Labute approximate surface area is 80.5 Å². The van der Waals surface area contributed by atoms with Gasteiger partial charge >= 0.3 is 6.18 Å². The van der Waals surface area contributed by atoms with Gasteiger partial charge in [-0.15, -0.1) is 4.91 Å². The Kier molecular flexibility index (Phi) is 2.75. The van der Waals surface area contributed by atoms with Crippen LogP contribution in [-0.4, -0.2) is 0 Å². The lowest BCUT2D eigenvalue weighted by molar-refractivity contribution is -0.137. The molecule has 0 radical (unpaired) electrons. The van der Waals surface area contributed by atoms with E-state index in [9.17, 15) is 22.5 Å². The molecule has 7 heteroatoms. The largest absolute Gasteiger partial charge is 0.416 e. The fourth-order valence-corrected chi connectivity index (χ4v) is 1.06. The normalized spacial score (nSPS) is 11.5. The molecule has 1 aromatic carbocycles. The third kappa shape index (κ3) is 2.01. The zero-order chi connectivity index (χ0) is 10.9. The Morgan fingerprint density at radius 1 is 1.29 bits per heavy atom. The predicted octanol–water partition coefficient (Wildman–Crippen LogP) is 3.90. The first-order chi connectivity index (χ1) is 6.36. The highest BCUT2D eigenvalue weighted by molar-refractivity contribution is 6.33. The third-order valence-corrected chi connectivity index (χ3v) is 1.72. The lowest BCUT2D eigenvalue weighted by Gasteiger charge is -2.07. The second kappa shape index (κ2) is 3.53. The number of hydrogen-bond donors (Lipinski definition) is 0. The van der Waals surface area contributed by atoms with Crippen molar-refractivity contribution in [2.24, 2.45) is 5.18 Å². The number of nitroso groups, excluding NO2 is 1. The maximum Gasteiger partial charge on any atom is 0.416 e. The molecule has 0 fully saturated rings. The van der Waals surface area contributed by atoms with E-state index in [1.165, 1.54) is 0 Å². The number of nitrogens with zero attached hydrogens (tertiary/aromatic N) is 1. The maximum absolute atomic E-state index is 12.8. The summed E-state index contributed by atoms with van der Waals surface area (Å²) in [5.74, 6) is -1.39. The average molecular weight is 228 g/mol. The number of alkyl halides is 3. The van der Waals surface area contributed by atoms with Crippen molar-refractivity contribution in [3.63, 3.8) is 0 Å². The minimum atomic E-state index is -4.70. The van der Waals surface area contributed by atoms with E-state index in [-0.39, 0.29) is 6.07 Å². The molecule has 0 amide bonds. The van der Waals surface area contributed by atoms with E-state index in [1.807, 2.05) is 0 Å². The molecule has 0 saturated heterocycles. The van der Waals surface area contributed by atoms with E-state index < -0.39 is 28.3 Å². The molecule has 76 valence electrons. The van der Waals surface area contributed by atoms with Gasteiger partial charge in [-0.3, -0.25) is 0 Å². The van der Waals surface area contributed by atoms with Crippen molar-refractivity contribution in [3.8, 4) is 0 Å². The second-order valence-corrected chi connectivity index (χ2v) is 2.78. The van der Waals surface area contributed by atoms with E-state index >= 15 is 0 Å². The van der Waals surface area contributed by atoms with E-state index in [0.717, 1.165) is 0 Å². The number of rotatable bonds is 1. The zero-order valence-corrected chi connectivity index (χ0v) is 7.16. The highest BCUT2D eigenvalue weighted by Crippen LogP contribution is 2.36. The maximum atomic E-state index is 12.8. The van der Waals surface area contributed by atoms with E-state index in [2.05, 4.69) is 5.18 Å². The van der Waals surface area contributed by atoms with Crippen LogP contribution in [0, 0.1) is 10.7 Å². The quantitative estimate of drug-likeness (QED) is 0.528. The fraction of sp³-hybridized carbons (Fsp3) is 0.143. The summed E-state index contributed by atoms with van der Waals surface area (Å²) in [5.41, 5.74) is -2.08. The standard InChI is InChI=1S/C7H2ClF4NO/c8-4-1-3(7(10,11)12)2-5(9)6(4)13-14/h1-2H. The molecule has 0 spiro atoms. The molecule has 0 atom stereocenters. The van der Waals surface area contributed by atoms with Gasteiger partial charge in [-0.2, -0.15) is 13.2 Å². The van der Waals surface area contributed by atoms with Gasteiger partial charge in [0.05, 0.1) is 10.6 Å². The summed E-state index contributed by atoms with van der Waals surface area (Å²) in [4.78, 5) is 9.95. The lowest BCUT2D eigenvalue weighted by atomic mass is 10.2. The molecule has 0 bridgehead atoms. The van der Waals surface area contributed by atoms with Gasteiger partial charge in [-0.05, 0) is 17.3 Å². The Bertz CT molecular complexity index is 353. The Hall–Kier alpha value is -1.17. The van der Waals surface area contributed by atoms with Crippen molar-refractivity contribution >= 4 is 17.3 Å². The Balaban J connectivity index is 3.35. The van der Waals surface area contributed by atoms with Crippen LogP contribution in [0.4, 0.5) is 23.2 Å². The summed E-state index contributed by atoms with van der Waals surface area (Å²) in [5, 5.41) is 1.51. The molecule has 1 aromatic rings. The molecular weight excluding hydrogens is 226 g/mol. The van der Waals surface area contributed by atoms with Gasteiger partial charge in [0.25, 0.3) is 0 Å². The van der Waals surface area contributed by atoms with Crippen LogP contribution in [-0.2, 0) is 6.18 Å². The summed E-state index contributed by atoms with van der Waals surface area (Å²) in [6.45, 7) is 0. The predicted molar refractivity (Wildman–Crippen MR) is 41.9 cm³/mol. The number of hydrogen-bond acceptors (Lipinski definition) is 2. The smallest absolute Gasteiger partial charge is 0.204 e. The van der Waals surface area contributed by atoms with Crippen LogP contribution in [0.15, 0.2) is 17.3 Å². The van der Waals surface area contributed by atoms with E-state index in [0.29, 0.717) is 6.07 Å². The van der Waals surface area contributed by atoms with Gasteiger partial charge in [0.15, 0.2) is 11.5 Å². The number of halogens is 5. The molecule has 0 aliphatic rings. The molecule has 0 aliphatic carbocycles. The van der Waals surface area contributed by atoms with Crippen molar-refractivity contribution in [2.75, 3.05) is 0 Å². The zero-order valence-electron chi connectivity index (χ0n) is 6.40. The van der Waals surface area contributed by atoms with Gasteiger partial charge in [0.2, 0.25) is 0 Å². The summed E-state index contributed by atoms with van der Waals surface area (Å²) < 4.78 is 48.9. The van der Waals surface area contributed by atoms with E-state index in [1.54, 1.807) is 0 Å². The summed E-state index contributed by atoms with van der Waals surface area (Å²) in [6, 6.07) is 0.615. The Morgan fingerprint density at radius 2 is 1.86 bits per heavy atom. The molecule has 0 aliphatic heterocycles. The summed E-state index contributed by atoms with van der Waals surface area (Å²) >= 11 is 5.21. The average Bonchev–Trinajstić information content (AvgIpc) is 2.01. The minimum absolute atomic E-state index is 0.169. The molecule has 0 saturated carbocycles. The van der Waals surface area contributed by atoms with Gasteiger partial charge in [0.1, 0.15) is 0 Å². The van der Waals surface area contributed by atoms with Crippen LogP contribution in [0.5, 0.6) is 0 Å². The lowest BCUT2D eigenvalue weighted by Crippen LogP contribution is -2.05. The van der Waals surface area contributed by atoms with Crippen LogP contribution in [0.3, 0.4) is 0 Å². The molecule has 0 heterocycles. The molecule has 0 N–H and O–H groups in total. The first kappa shape index (κ1) is 10.9. The highest BCUT2D eigenvalue weighted by Gasteiger charge is 2.32. The van der Waals surface area contributed by atoms with Crippen molar-refractivity contribution in [1.29, 1.82) is 0 Å². The SMILES string of the molecule is O=Nc1c(F)cc(C(F)(F)F)cc1Cl. The first-order valence-electron chi connectivity index (χ1n) is 3.26. The summed E-state index contributed by atoms with van der Waals surface area (Å²) in [6.07, 6.45) is -4.70. The van der Waals surface area contributed by atoms with Crippen LogP contribution in [0.2, 0.25) is 5.02 Å². The van der Waals surface area contributed by atoms with Crippen molar-refractivity contribution in [3.05, 3.63) is 33.4 Å². The highest BCUT2D eigenvalue weighted by atomic mass is 35.5. The van der Waals surface area contributed by atoms with Gasteiger partial charge < -0.3 is 0 Å². The van der Waals surface area contributed by atoms with Gasteiger partial charge in [-0.25, -0.2) is 4.39 Å². The number of benzene rings is 1. The van der Waals surface area contributed by atoms with Crippen LogP contribution in [0.1, 0.15) is 5.56 Å². The van der Waals surface area contributed by atoms with Crippen molar-refractivity contribution in [1.82, 2.24) is 0 Å². The third-order valence-electron chi connectivity index (χ3n) is 1.44. The monoisotopic (exact) mass is 227 g/mol. The second-order valence-electron chi connectivity index (χ2n) is 2.38. The molecule has 1 rings (SSSR count). The van der Waals surface area contributed by atoms with Crippen LogP contribution >= 0.6 is 11.6 Å². The topological polar surface area (TPSA) is 29.4 Å².